The third kappa shape index (κ3) is 3.43. The minimum atomic E-state index is 0.618. The van der Waals surface area contributed by atoms with Crippen molar-refractivity contribution in [2.75, 3.05) is 0 Å². The summed E-state index contributed by atoms with van der Waals surface area (Å²) in [7, 11) is 0. The Morgan fingerprint density at radius 3 is 1.91 bits per heavy atom. The Morgan fingerprint density at radius 2 is 1.27 bits per heavy atom. The molecule has 0 aliphatic heterocycles. The van der Waals surface area contributed by atoms with Gasteiger partial charge in [-0.2, -0.15) is 0 Å². The average Bonchev–Trinajstić information content (AvgIpc) is 2.57. The molecular formula is C22H28. The molecule has 0 bridgehead atoms. The van der Waals surface area contributed by atoms with Crippen molar-refractivity contribution in [2.45, 2.75) is 64.2 Å². The van der Waals surface area contributed by atoms with E-state index in [1.54, 1.807) is 11.1 Å². The van der Waals surface area contributed by atoms with E-state index in [-0.39, 0.29) is 0 Å². The summed E-state index contributed by atoms with van der Waals surface area (Å²) in [5, 5.41) is 0. The number of hydrogen-bond donors (Lipinski definition) is 0. The van der Waals surface area contributed by atoms with Crippen molar-refractivity contribution >= 4 is 0 Å². The molecule has 1 aliphatic rings. The highest BCUT2D eigenvalue weighted by Gasteiger charge is 2.24. The first kappa shape index (κ1) is 15.3. The van der Waals surface area contributed by atoms with Crippen LogP contribution in [0, 0.1) is 0 Å². The number of rotatable bonds is 7. The van der Waals surface area contributed by atoms with Crippen LogP contribution in [0.2, 0.25) is 0 Å². The SMILES string of the molecule is CCCCCCCCC1c2ccccc2Cc2ccccc21. The molecule has 0 spiro atoms. The van der Waals surface area contributed by atoms with Crippen LogP contribution in [0.15, 0.2) is 48.5 Å². The van der Waals surface area contributed by atoms with E-state index in [1.807, 2.05) is 0 Å². The summed E-state index contributed by atoms with van der Waals surface area (Å²) >= 11 is 0. The van der Waals surface area contributed by atoms with Gasteiger partial charge in [-0.05, 0) is 35.1 Å². The summed E-state index contributed by atoms with van der Waals surface area (Å²) in [6.45, 7) is 2.29. The first-order valence-electron chi connectivity index (χ1n) is 9.05. The average molecular weight is 292 g/mol. The Kier molecular flexibility index (Phi) is 5.32. The van der Waals surface area contributed by atoms with Gasteiger partial charge in [0.05, 0.1) is 0 Å². The molecule has 0 unspecified atom stereocenters. The second kappa shape index (κ2) is 7.63. The second-order valence-corrected chi connectivity index (χ2v) is 6.68. The molecule has 0 fully saturated rings. The van der Waals surface area contributed by atoms with Gasteiger partial charge in [0.25, 0.3) is 0 Å². The van der Waals surface area contributed by atoms with Crippen molar-refractivity contribution in [1.82, 2.24) is 0 Å². The second-order valence-electron chi connectivity index (χ2n) is 6.68. The van der Waals surface area contributed by atoms with Crippen LogP contribution in [-0.4, -0.2) is 0 Å². The van der Waals surface area contributed by atoms with E-state index in [9.17, 15) is 0 Å². The third-order valence-electron chi connectivity index (χ3n) is 5.09. The first-order valence-corrected chi connectivity index (χ1v) is 9.05. The number of hydrogen-bond acceptors (Lipinski definition) is 0. The van der Waals surface area contributed by atoms with Crippen molar-refractivity contribution in [2.24, 2.45) is 0 Å². The van der Waals surface area contributed by atoms with Gasteiger partial charge < -0.3 is 0 Å². The number of fused-ring (bicyclic) bond motifs is 2. The van der Waals surface area contributed by atoms with Gasteiger partial charge >= 0.3 is 0 Å². The Balaban J connectivity index is 1.70. The van der Waals surface area contributed by atoms with Crippen LogP contribution in [0.25, 0.3) is 0 Å². The number of benzene rings is 2. The maximum absolute atomic E-state index is 2.35. The van der Waals surface area contributed by atoms with Gasteiger partial charge in [-0.15, -0.1) is 0 Å². The summed E-state index contributed by atoms with van der Waals surface area (Å²) in [6, 6.07) is 18.1. The summed E-state index contributed by atoms with van der Waals surface area (Å²) < 4.78 is 0. The molecule has 116 valence electrons. The van der Waals surface area contributed by atoms with Gasteiger partial charge in [0, 0.05) is 5.92 Å². The Hall–Kier alpha value is -1.56. The third-order valence-corrected chi connectivity index (χ3v) is 5.09. The van der Waals surface area contributed by atoms with Gasteiger partial charge in [0.15, 0.2) is 0 Å². The molecule has 0 aromatic heterocycles. The van der Waals surface area contributed by atoms with Crippen molar-refractivity contribution in [3.8, 4) is 0 Å². The summed E-state index contributed by atoms with van der Waals surface area (Å²) in [5.74, 6) is 0.618. The van der Waals surface area contributed by atoms with E-state index < -0.39 is 0 Å². The van der Waals surface area contributed by atoms with E-state index in [0.29, 0.717) is 5.92 Å². The Labute approximate surface area is 135 Å². The van der Waals surface area contributed by atoms with Crippen molar-refractivity contribution < 1.29 is 0 Å². The smallest absolute Gasteiger partial charge is 0.00950 e. The van der Waals surface area contributed by atoms with Crippen LogP contribution in [0.3, 0.4) is 0 Å². The van der Waals surface area contributed by atoms with Gasteiger partial charge in [0.1, 0.15) is 0 Å². The van der Waals surface area contributed by atoms with Gasteiger partial charge in [-0.3, -0.25) is 0 Å². The lowest BCUT2D eigenvalue weighted by Crippen LogP contribution is -2.13. The van der Waals surface area contributed by atoms with E-state index >= 15 is 0 Å². The fraction of sp³-hybridized carbons (Fsp3) is 0.455. The van der Waals surface area contributed by atoms with Gasteiger partial charge in [-0.25, -0.2) is 0 Å². The molecule has 0 nitrogen and oxygen atoms in total. The molecule has 1 aliphatic carbocycles. The molecule has 3 rings (SSSR count). The van der Waals surface area contributed by atoms with Crippen molar-refractivity contribution in [3.63, 3.8) is 0 Å². The zero-order valence-electron chi connectivity index (χ0n) is 13.9. The van der Waals surface area contributed by atoms with Crippen LogP contribution in [0.5, 0.6) is 0 Å². The first-order chi connectivity index (χ1) is 10.9. The topological polar surface area (TPSA) is 0 Å². The Morgan fingerprint density at radius 1 is 0.727 bits per heavy atom. The molecule has 0 radical (unpaired) electrons. The molecule has 0 heterocycles. The van der Waals surface area contributed by atoms with Crippen LogP contribution >= 0.6 is 0 Å². The monoisotopic (exact) mass is 292 g/mol. The molecule has 0 saturated heterocycles. The molecular weight excluding hydrogens is 264 g/mol. The van der Waals surface area contributed by atoms with E-state index in [1.165, 1.54) is 56.1 Å². The van der Waals surface area contributed by atoms with E-state index in [2.05, 4.69) is 55.5 Å². The molecule has 0 atom stereocenters. The molecule has 2 aromatic rings. The fourth-order valence-corrected chi connectivity index (χ4v) is 3.88. The summed E-state index contributed by atoms with van der Waals surface area (Å²) in [5.41, 5.74) is 6.24. The summed E-state index contributed by atoms with van der Waals surface area (Å²) in [4.78, 5) is 0. The number of unbranched alkanes of at least 4 members (excludes halogenated alkanes) is 5. The fourth-order valence-electron chi connectivity index (χ4n) is 3.88. The lowest BCUT2D eigenvalue weighted by atomic mass is 9.76. The van der Waals surface area contributed by atoms with Crippen molar-refractivity contribution in [1.29, 1.82) is 0 Å². The highest BCUT2D eigenvalue weighted by Crippen LogP contribution is 2.39. The predicted molar refractivity (Wildman–Crippen MR) is 95.5 cm³/mol. The zero-order valence-corrected chi connectivity index (χ0v) is 13.9. The molecule has 0 N–H and O–H groups in total. The molecule has 0 saturated carbocycles. The van der Waals surface area contributed by atoms with Crippen LogP contribution in [-0.2, 0) is 6.42 Å². The zero-order chi connectivity index (χ0) is 15.2. The molecule has 22 heavy (non-hydrogen) atoms. The lowest BCUT2D eigenvalue weighted by molar-refractivity contribution is 0.563. The highest BCUT2D eigenvalue weighted by atomic mass is 14.3. The normalized spacial score (nSPS) is 13.7. The molecule has 0 heteroatoms. The highest BCUT2D eigenvalue weighted by molar-refractivity contribution is 5.48. The Bertz CT molecular complexity index is 551. The van der Waals surface area contributed by atoms with Crippen LogP contribution in [0.4, 0.5) is 0 Å². The maximum atomic E-state index is 2.35. The van der Waals surface area contributed by atoms with E-state index in [4.69, 9.17) is 0 Å². The van der Waals surface area contributed by atoms with E-state index in [0.717, 1.165) is 6.42 Å². The largest absolute Gasteiger partial charge is 0.0654 e. The lowest BCUT2D eigenvalue weighted by Gasteiger charge is -2.28. The molecule has 2 aromatic carbocycles. The standard InChI is InChI=1S/C22H28/c1-2-3-4-5-6-7-16-22-20-14-10-8-12-18(20)17-19-13-9-11-15-21(19)22/h8-15,22H,2-7,16-17H2,1H3. The van der Waals surface area contributed by atoms with Gasteiger partial charge in [-0.1, -0.05) is 94.0 Å². The maximum Gasteiger partial charge on any atom is 0.00950 e. The quantitative estimate of drug-likeness (QED) is 0.513. The van der Waals surface area contributed by atoms with Crippen LogP contribution in [0.1, 0.15) is 80.0 Å². The minimum absolute atomic E-state index is 0.618. The van der Waals surface area contributed by atoms with Crippen LogP contribution < -0.4 is 0 Å². The summed E-state index contributed by atoms with van der Waals surface area (Å²) in [6.07, 6.45) is 10.7. The minimum Gasteiger partial charge on any atom is -0.0654 e. The predicted octanol–water partition coefficient (Wildman–Crippen LogP) is 6.47. The molecule has 0 amide bonds. The van der Waals surface area contributed by atoms with Gasteiger partial charge in [0.2, 0.25) is 0 Å². The van der Waals surface area contributed by atoms with Crippen molar-refractivity contribution in [3.05, 3.63) is 70.8 Å².